The lowest BCUT2D eigenvalue weighted by atomic mass is 10.1. The first-order chi connectivity index (χ1) is 14.6. The van der Waals surface area contributed by atoms with Gasteiger partial charge in [0, 0.05) is 26.2 Å². The molecule has 1 saturated heterocycles. The summed E-state index contributed by atoms with van der Waals surface area (Å²) in [5.74, 6) is 0.463. The first kappa shape index (κ1) is 23.2. The highest BCUT2D eigenvalue weighted by Gasteiger charge is 2.32. The van der Waals surface area contributed by atoms with E-state index in [0.29, 0.717) is 42.5 Å². The maximum atomic E-state index is 13.0. The number of piperazine rings is 1. The topological polar surface area (TPSA) is 79.0 Å². The number of ether oxygens (including phenoxy) is 1. The van der Waals surface area contributed by atoms with Gasteiger partial charge in [0.25, 0.3) is 0 Å². The fraction of sp³-hybridized carbons (Fsp3) is 0.435. The maximum Gasteiger partial charge on any atom is 0.243 e. The molecule has 1 fully saturated rings. The molecule has 1 atom stereocenters. The van der Waals surface area contributed by atoms with Crippen molar-refractivity contribution < 1.29 is 17.9 Å². The van der Waals surface area contributed by atoms with E-state index in [1.165, 1.54) is 4.31 Å². The number of sulfonamides is 1. The Morgan fingerprint density at radius 1 is 1.00 bits per heavy atom. The normalized spacial score (nSPS) is 16.7. The molecule has 1 N–H and O–H groups in total. The van der Waals surface area contributed by atoms with Crippen LogP contribution < -0.4 is 10.1 Å². The van der Waals surface area contributed by atoms with Crippen LogP contribution in [0.4, 0.5) is 5.69 Å². The van der Waals surface area contributed by atoms with Gasteiger partial charge in [-0.3, -0.25) is 9.69 Å². The zero-order chi connectivity index (χ0) is 22.8. The Morgan fingerprint density at radius 3 is 2.29 bits per heavy atom. The molecule has 1 amide bonds. The predicted octanol–water partition coefficient (Wildman–Crippen LogP) is 2.95. The molecule has 0 spiro atoms. The van der Waals surface area contributed by atoms with Gasteiger partial charge < -0.3 is 10.1 Å². The highest BCUT2D eigenvalue weighted by Crippen LogP contribution is 2.26. The van der Waals surface area contributed by atoms with Crippen LogP contribution in [0.5, 0.6) is 5.75 Å². The summed E-state index contributed by atoms with van der Waals surface area (Å²) in [6.07, 6.45) is 0. The fourth-order valence-electron chi connectivity index (χ4n) is 3.68. The second kappa shape index (κ2) is 9.38. The molecule has 2 aromatic carbocycles. The quantitative estimate of drug-likeness (QED) is 0.740. The molecule has 1 heterocycles. The van der Waals surface area contributed by atoms with E-state index < -0.39 is 16.1 Å². The molecule has 0 aromatic heterocycles. The zero-order valence-corrected chi connectivity index (χ0v) is 19.6. The zero-order valence-electron chi connectivity index (χ0n) is 18.8. The van der Waals surface area contributed by atoms with Crippen LogP contribution in [0.1, 0.15) is 23.6 Å². The van der Waals surface area contributed by atoms with E-state index in [0.717, 1.165) is 16.7 Å². The molecule has 8 heteroatoms. The number of carbonyl (C=O) groups is 1. The fourth-order valence-corrected chi connectivity index (χ4v) is 5.19. The Labute approximate surface area is 185 Å². The molecular formula is C23H31N3O4S. The average Bonchev–Trinajstić information content (AvgIpc) is 2.75. The minimum absolute atomic E-state index is 0.144. The molecule has 3 rings (SSSR count). The number of benzene rings is 2. The molecule has 1 aliphatic heterocycles. The van der Waals surface area contributed by atoms with Gasteiger partial charge >= 0.3 is 0 Å². The van der Waals surface area contributed by atoms with Crippen molar-refractivity contribution in [2.75, 3.05) is 38.6 Å². The minimum Gasteiger partial charge on any atom is -0.495 e. The van der Waals surface area contributed by atoms with Gasteiger partial charge in [-0.05, 0) is 68.7 Å². The Balaban J connectivity index is 1.64. The summed E-state index contributed by atoms with van der Waals surface area (Å²) < 4.78 is 32.9. The first-order valence-corrected chi connectivity index (χ1v) is 11.8. The molecule has 0 bridgehead atoms. The van der Waals surface area contributed by atoms with E-state index in [1.54, 1.807) is 19.2 Å². The van der Waals surface area contributed by atoms with E-state index in [2.05, 4.69) is 5.32 Å². The number of aryl methyl sites for hydroxylation is 3. The van der Waals surface area contributed by atoms with Gasteiger partial charge in [-0.15, -0.1) is 0 Å². The summed E-state index contributed by atoms with van der Waals surface area (Å²) in [6.45, 7) is 9.34. The van der Waals surface area contributed by atoms with Gasteiger partial charge in [-0.1, -0.05) is 12.1 Å². The van der Waals surface area contributed by atoms with Crippen LogP contribution >= 0.6 is 0 Å². The summed E-state index contributed by atoms with van der Waals surface area (Å²) in [5.41, 5.74) is 3.68. The third-order valence-corrected chi connectivity index (χ3v) is 7.82. The van der Waals surface area contributed by atoms with E-state index in [-0.39, 0.29) is 5.91 Å². The van der Waals surface area contributed by atoms with Crippen molar-refractivity contribution in [2.24, 2.45) is 0 Å². The molecule has 0 aliphatic carbocycles. The molecule has 1 aliphatic rings. The van der Waals surface area contributed by atoms with Crippen molar-refractivity contribution in [1.82, 2.24) is 9.21 Å². The van der Waals surface area contributed by atoms with Gasteiger partial charge in [0.1, 0.15) is 5.75 Å². The summed E-state index contributed by atoms with van der Waals surface area (Å²) in [4.78, 5) is 15.1. The van der Waals surface area contributed by atoms with Crippen LogP contribution in [0.2, 0.25) is 0 Å². The largest absolute Gasteiger partial charge is 0.495 e. The van der Waals surface area contributed by atoms with Crippen molar-refractivity contribution in [3.05, 3.63) is 53.1 Å². The number of carbonyl (C=O) groups excluding carboxylic acids is 1. The minimum atomic E-state index is -3.54. The van der Waals surface area contributed by atoms with E-state index in [1.807, 2.05) is 56.9 Å². The van der Waals surface area contributed by atoms with Crippen molar-refractivity contribution in [2.45, 2.75) is 38.6 Å². The molecule has 7 nitrogen and oxygen atoms in total. The van der Waals surface area contributed by atoms with Gasteiger partial charge in [-0.25, -0.2) is 8.42 Å². The first-order valence-electron chi connectivity index (χ1n) is 10.4. The van der Waals surface area contributed by atoms with Crippen LogP contribution in [-0.2, 0) is 14.8 Å². The lowest BCUT2D eigenvalue weighted by Crippen LogP contribution is -2.53. The molecule has 31 heavy (non-hydrogen) atoms. The van der Waals surface area contributed by atoms with Crippen LogP contribution in [0.25, 0.3) is 0 Å². The maximum absolute atomic E-state index is 13.0. The van der Waals surface area contributed by atoms with Gasteiger partial charge in [0.05, 0.1) is 23.7 Å². The predicted molar refractivity (Wildman–Crippen MR) is 122 cm³/mol. The van der Waals surface area contributed by atoms with E-state index in [9.17, 15) is 13.2 Å². The summed E-state index contributed by atoms with van der Waals surface area (Å²) in [6, 6.07) is 10.5. The number of methoxy groups -OCH3 is 1. The molecule has 168 valence electrons. The van der Waals surface area contributed by atoms with Gasteiger partial charge in [0.15, 0.2) is 0 Å². The van der Waals surface area contributed by atoms with Crippen LogP contribution in [-0.4, -0.2) is 62.9 Å². The van der Waals surface area contributed by atoms with Crippen molar-refractivity contribution in [3.63, 3.8) is 0 Å². The number of hydrogen-bond donors (Lipinski definition) is 1. The third-order valence-electron chi connectivity index (χ3n) is 5.93. The number of anilines is 1. The van der Waals surface area contributed by atoms with E-state index in [4.69, 9.17) is 4.74 Å². The summed E-state index contributed by atoms with van der Waals surface area (Å²) in [7, 11) is -1.98. The van der Waals surface area contributed by atoms with Crippen molar-refractivity contribution in [3.8, 4) is 5.75 Å². The Hall–Kier alpha value is -2.42. The molecule has 1 unspecified atom stereocenters. The number of hydrogen-bond acceptors (Lipinski definition) is 5. The standard InChI is InChI=1S/C23H31N3O4S/c1-16-6-9-22(30-5)21(14-16)24-23(27)19(4)25-10-12-26(13-11-25)31(28,29)20-8-7-17(2)18(3)15-20/h6-9,14-15,19H,10-13H2,1-5H3,(H,24,27). The van der Waals surface area contributed by atoms with Gasteiger partial charge in [0.2, 0.25) is 15.9 Å². The third kappa shape index (κ3) is 5.08. The van der Waals surface area contributed by atoms with Crippen LogP contribution in [0.15, 0.2) is 41.3 Å². The summed E-state index contributed by atoms with van der Waals surface area (Å²) >= 11 is 0. The number of amides is 1. The highest BCUT2D eigenvalue weighted by atomic mass is 32.2. The second-order valence-corrected chi connectivity index (χ2v) is 9.99. The second-order valence-electron chi connectivity index (χ2n) is 8.06. The van der Waals surface area contributed by atoms with Crippen LogP contribution in [0, 0.1) is 20.8 Å². The Kier molecular flexibility index (Phi) is 7.03. The van der Waals surface area contributed by atoms with Gasteiger partial charge in [-0.2, -0.15) is 4.31 Å². The lowest BCUT2D eigenvalue weighted by molar-refractivity contribution is -0.121. The SMILES string of the molecule is COc1ccc(C)cc1NC(=O)C(C)N1CCN(S(=O)(=O)c2ccc(C)c(C)c2)CC1. The number of rotatable bonds is 6. The molecular weight excluding hydrogens is 414 g/mol. The number of nitrogens with zero attached hydrogens (tertiary/aromatic N) is 2. The summed E-state index contributed by atoms with van der Waals surface area (Å²) in [5, 5.41) is 2.94. The monoisotopic (exact) mass is 445 g/mol. The van der Waals surface area contributed by atoms with Crippen molar-refractivity contribution >= 4 is 21.6 Å². The number of nitrogens with one attached hydrogen (secondary N) is 1. The highest BCUT2D eigenvalue weighted by molar-refractivity contribution is 7.89. The lowest BCUT2D eigenvalue weighted by Gasteiger charge is -2.36. The van der Waals surface area contributed by atoms with Crippen LogP contribution in [0.3, 0.4) is 0 Å². The Bertz CT molecular complexity index is 1060. The Morgan fingerprint density at radius 2 is 1.68 bits per heavy atom. The van der Waals surface area contributed by atoms with Crippen molar-refractivity contribution in [1.29, 1.82) is 0 Å². The smallest absolute Gasteiger partial charge is 0.243 e. The molecule has 2 aromatic rings. The molecule has 0 radical (unpaired) electrons. The average molecular weight is 446 g/mol. The van der Waals surface area contributed by atoms with E-state index >= 15 is 0 Å². The molecule has 0 saturated carbocycles.